The second kappa shape index (κ2) is 6.82. The zero-order valence-electron chi connectivity index (χ0n) is 15.7. The van der Waals surface area contributed by atoms with Gasteiger partial charge >= 0.3 is 12.1 Å². The number of methoxy groups -OCH3 is 1. The first-order valence-corrected chi connectivity index (χ1v) is 8.55. The average Bonchev–Trinajstić information content (AvgIpc) is 2.77. The highest BCUT2D eigenvalue weighted by atomic mass is 16.6. The van der Waals surface area contributed by atoms with Crippen molar-refractivity contribution in [3.05, 3.63) is 0 Å². The number of likely N-dealkylation sites (tertiary alicyclic amines) is 2. The first kappa shape index (κ1) is 19.5. The predicted molar refractivity (Wildman–Crippen MR) is 88.6 cm³/mol. The quantitative estimate of drug-likeness (QED) is 0.590. The summed E-state index contributed by atoms with van der Waals surface area (Å²) >= 11 is 0. The Hall–Kier alpha value is -1.83. The van der Waals surface area contributed by atoms with Crippen LogP contribution in [0.25, 0.3) is 0 Å². The minimum atomic E-state index is -0.922. The Morgan fingerprint density at radius 1 is 1.32 bits per heavy atom. The number of β-amino-alcohol motifs (C(OH)–C–C–N with tert-alkyl or cyclic N) is 1. The third kappa shape index (κ3) is 3.73. The van der Waals surface area contributed by atoms with Gasteiger partial charge in [-0.1, -0.05) is 13.8 Å². The molecular weight excluding hydrogens is 328 g/mol. The van der Waals surface area contributed by atoms with Crippen LogP contribution in [0.2, 0.25) is 0 Å². The SMILES string of the molecule is COC(=O)[C@H](CC(C)C)N1C(=O)[C@H]2[C@@H]1[C@H](O)CN2C(=O)OC(C)(C)C. The van der Waals surface area contributed by atoms with E-state index in [4.69, 9.17) is 9.47 Å². The highest BCUT2D eigenvalue weighted by Crippen LogP contribution is 2.38. The first-order chi connectivity index (χ1) is 11.5. The second-order valence-corrected chi connectivity index (χ2v) is 8.05. The van der Waals surface area contributed by atoms with Crippen molar-refractivity contribution < 1.29 is 29.0 Å². The molecule has 0 aromatic rings. The lowest BCUT2D eigenvalue weighted by Crippen LogP contribution is -2.72. The Bertz CT molecular complexity index is 556. The molecule has 25 heavy (non-hydrogen) atoms. The Balaban J connectivity index is 2.19. The number of nitrogens with zero attached hydrogens (tertiary/aromatic N) is 2. The molecule has 8 nitrogen and oxygen atoms in total. The van der Waals surface area contributed by atoms with Gasteiger partial charge in [0, 0.05) is 0 Å². The summed E-state index contributed by atoms with van der Waals surface area (Å²) in [5.41, 5.74) is -0.696. The van der Waals surface area contributed by atoms with Gasteiger partial charge in [-0.25, -0.2) is 9.59 Å². The number of amides is 2. The van der Waals surface area contributed by atoms with Crippen LogP contribution in [0.4, 0.5) is 4.79 Å². The van der Waals surface area contributed by atoms with Gasteiger partial charge in [-0.2, -0.15) is 0 Å². The standard InChI is InChI=1S/C17H28N2O6/c1-9(2)7-10(15(22)24-6)19-12-11(20)8-18(13(12)14(19)21)16(23)25-17(3,4)5/h9-13,20H,7-8H2,1-6H3/t10-,11+,12-,13+/m0/s1. The van der Waals surface area contributed by atoms with Crippen LogP contribution in [0, 0.1) is 5.92 Å². The van der Waals surface area contributed by atoms with Crippen molar-refractivity contribution >= 4 is 18.0 Å². The van der Waals surface area contributed by atoms with Gasteiger partial charge in [0.1, 0.15) is 17.7 Å². The second-order valence-electron chi connectivity index (χ2n) is 8.05. The summed E-state index contributed by atoms with van der Waals surface area (Å²) in [6.45, 7) is 9.09. The van der Waals surface area contributed by atoms with E-state index in [1.807, 2.05) is 13.8 Å². The molecule has 2 aliphatic heterocycles. The van der Waals surface area contributed by atoms with Crippen LogP contribution >= 0.6 is 0 Å². The summed E-state index contributed by atoms with van der Waals surface area (Å²) in [5, 5.41) is 10.4. The predicted octanol–water partition coefficient (Wildman–Crippen LogP) is 0.765. The summed E-state index contributed by atoms with van der Waals surface area (Å²) in [6, 6.07) is -2.15. The van der Waals surface area contributed by atoms with Gasteiger partial charge in [-0.15, -0.1) is 0 Å². The molecule has 1 N–H and O–H groups in total. The molecule has 142 valence electrons. The van der Waals surface area contributed by atoms with E-state index in [0.29, 0.717) is 6.42 Å². The Morgan fingerprint density at radius 2 is 1.92 bits per heavy atom. The minimum absolute atomic E-state index is 0.00204. The molecule has 2 heterocycles. The third-order valence-corrected chi connectivity index (χ3v) is 4.40. The number of β-lactam (4-membered cyclic amide) rings is 1. The normalized spacial score (nSPS) is 27.0. The molecule has 0 aliphatic carbocycles. The fraction of sp³-hybridized carbons (Fsp3) is 0.824. The van der Waals surface area contributed by atoms with Crippen LogP contribution in [0.15, 0.2) is 0 Å². The molecule has 0 spiro atoms. The monoisotopic (exact) mass is 356 g/mol. The van der Waals surface area contributed by atoms with E-state index in [2.05, 4.69) is 0 Å². The van der Waals surface area contributed by atoms with E-state index < -0.39 is 41.9 Å². The minimum Gasteiger partial charge on any atom is -0.467 e. The molecule has 2 rings (SSSR count). The first-order valence-electron chi connectivity index (χ1n) is 8.55. The molecule has 0 saturated carbocycles. The van der Waals surface area contributed by atoms with Gasteiger partial charge in [-0.3, -0.25) is 9.69 Å². The van der Waals surface area contributed by atoms with E-state index in [-0.39, 0.29) is 18.4 Å². The van der Waals surface area contributed by atoms with E-state index >= 15 is 0 Å². The molecular formula is C17H28N2O6. The summed E-state index contributed by atoms with van der Waals surface area (Å²) in [5.74, 6) is -0.705. The summed E-state index contributed by atoms with van der Waals surface area (Å²) in [7, 11) is 1.27. The molecule has 8 heteroatoms. The number of hydrogen-bond donors (Lipinski definition) is 1. The fourth-order valence-corrected chi connectivity index (χ4v) is 3.43. The van der Waals surface area contributed by atoms with Crippen LogP contribution in [-0.4, -0.2) is 76.4 Å². The van der Waals surface area contributed by atoms with Crippen molar-refractivity contribution in [2.75, 3.05) is 13.7 Å². The topological polar surface area (TPSA) is 96.4 Å². The van der Waals surface area contributed by atoms with Crippen molar-refractivity contribution in [2.24, 2.45) is 5.92 Å². The molecule has 0 aromatic heterocycles. The molecule has 0 unspecified atom stereocenters. The van der Waals surface area contributed by atoms with E-state index in [9.17, 15) is 19.5 Å². The zero-order chi connectivity index (χ0) is 19.1. The Labute approximate surface area is 148 Å². The van der Waals surface area contributed by atoms with Gasteiger partial charge in [0.05, 0.1) is 25.8 Å². The lowest BCUT2D eigenvalue weighted by atomic mass is 9.89. The zero-order valence-corrected chi connectivity index (χ0v) is 15.7. The van der Waals surface area contributed by atoms with Gasteiger partial charge in [-0.05, 0) is 33.1 Å². The van der Waals surface area contributed by atoms with Crippen LogP contribution in [0.1, 0.15) is 41.0 Å². The lowest BCUT2D eigenvalue weighted by molar-refractivity contribution is -0.172. The number of aliphatic hydroxyl groups is 1. The number of carbonyl (C=O) groups excluding carboxylic acids is 3. The molecule has 2 amide bonds. The van der Waals surface area contributed by atoms with Crippen LogP contribution < -0.4 is 0 Å². The van der Waals surface area contributed by atoms with E-state index in [0.717, 1.165) is 0 Å². The number of rotatable bonds is 4. The van der Waals surface area contributed by atoms with Crippen LogP contribution in [-0.2, 0) is 19.1 Å². The molecule has 2 saturated heterocycles. The van der Waals surface area contributed by atoms with E-state index in [1.54, 1.807) is 20.8 Å². The molecule has 0 bridgehead atoms. The maximum Gasteiger partial charge on any atom is 0.411 e. The summed E-state index contributed by atoms with van der Waals surface area (Å²) in [4.78, 5) is 39.7. The van der Waals surface area contributed by atoms with Crippen molar-refractivity contribution in [3.63, 3.8) is 0 Å². The van der Waals surface area contributed by atoms with Crippen molar-refractivity contribution in [1.29, 1.82) is 0 Å². The maximum atomic E-state index is 12.7. The van der Waals surface area contributed by atoms with E-state index in [1.165, 1.54) is 16.9 Å². The summed E-state index contributed by atoms with van der Waals surface area (Å²) < 4.78 is 10.1. The Kier molecular flexibility index (Phi) is 5.32. The van der Waals surface area contributed by atoms with Gasteiger partial charge < -0.3 is 19.5 Å². The molecule has 0 aromatic carbocycles. The van der Waals surface area contributed by atoms with Gasteiger partial charge in [0.15, 0.2) is 0 Å². The molecule has 4 atom stereocenters. The summed E-state index contributed by atoms with van der Waals surface area (Å²) in [6.07, 6.45) is -1.12. The van der Waals surface area contributed by atoms with Crippen molar-refractivity contribution in [1.82, 2.24) is 9.80 Å². The number of aliphatic hydroxyl groups excluding tert-OH is 1. The lowest BCUT2D eigenvalue weighted by Gasteiger charge is -2.49. The van der Waals surface area contributed by atoms with Crippen molar-refractivity contribution in [3.8, 4) is 0 Å². The fourth-order valence-electron chi connectivity index (χ4n) is 3.43. The van der Waals surface area contributed by atoms with Crippen molar-refractivity contribution in [2.45, 2.75) is 70.9 Å². The number of carbonyl (C=O) groups is 3. The molecule has 0 radical (unpaired) electrons. The smallest absolute Gasteiger partial charge is 0.411 e. The molecule has 2 aliphatic rings. The third-order valence-electron chi connectivity index (χ3n) is 4.40. The van der Waals surface area contributed by atoms with Gasteiger partial charge in [0.2, 0.25) is 5.91 Å². The highest BCUT2D eigenvalue weighted by molar-refractivity contribution is 5.96. The number of esters is 1. The molecule has 2 fully saturated rings. The maximum absolute atomic E-state index is 12.7. The number of fused-ring (bicyclic) bond motifs is 1. The number of ether oxygens (including phenoxy) is 2. The van der Waals surface area contributed by atoms with Crippen LogP contribution in [0.3, 0.4) is 0 Å². The largest absolute Gasteiger partial charge is 0.467 e. The highest BCUT2D eigenvalue weighted by Gasteiger charge is 2.63. The Morgan fingerprint density at radius 3 is 2.40 bits per heavy atom. The number of hydrogen-bond acceptors (Lipinski definition) is 6. The van der Waals surface area contributed by atoms with Gasteiger partial charge in [0.25, 0.3) is 0 Å². The average molecular weight is 356 g/mol. The van der Waals surface area contributed by atoms with Crippen LogP contribution in [0.5, 0.6) is 0 Å².